The molecular formula is C25H26Cl2N2O. The fraction of sp³-hybridized carbons (Fsp3) is 0.280. The van der Waals surface area contributed by atoms with E-state index in [-0.39, 0.29) is 6.04 Å². The molecule has 156 valence electrons. The molecule has 1 saturated heterocycles. The first-order valence-electron chi connectivity index (χ1n) is 10.4. The van der Waals surface area contributed by atoms with Crippen LogP contribution in [0, 0.1) is 0 Å². The molecule has 0 radical (unpaired) electrons. The Balaban J connectivity index is 1.59. The van der Waals surface area contributed by atoms with Gasteiger partial charge in [-0.1, -0.05) is 77.8 Å². The molecule has 1 fully saturated rings. The maximum absolute atomic E-state index is 6.65. The highest BCUT2D eigenvalue weighted by molar-refractivity contribution is 6.42. The van der Waals surface area contributed by atoms with Gasteiger partial charge in [0.2, 0.25) is 0 Å². The molecule has 1 unspecified atom stereocenters. The summed E-state index contributed by atoms with van der Waals surface area (Å²) >= 11 is 13.0. The van der Waals surface area contributed by atoms with Gasteiger partial charge in [-0.15, -0.1) is 0 Å². The molecule has 0 amide bonds. The zero-order valence-electron chi connectivity index (χ0n) is 16.9. The molecule has 0 bridgehead atoms. The van der Waals surface area contributed by atoms with Gasteiger partial charge in [-0.2, -0.15) is 0 Å². The number of ether oxygens (including phenoxy) is 1. The van der Waals surface area contributed by atoms with E-state index in [1.54, 1.807) is 0 Å². The summed E-state index contributed by atoms with van der Waals surface area (Å²) < 4.78 is 5.97. The van der Waals surface area contributed by atoms with Crippen molar-refractivity contribution in [2.24, 2.45) is 0 Å². The van der Waals surface area contributed by atoms with Crippen molar-refractivity contribution in [1.82, 2.24) is 10.2 Å². The van der Waals surface area contributed by atoms with Crippen LogP contribution < -0.4 is 10.1 Å². The van der Waals surface area contributed by atoms with Gasteiger partial charge in [0, 0.05) is 19.6 Å². The largest absolute Gasteiger partial charge is 0.489 e. The van der Waals surface area contributed by atoms with E-state index in [9.17, 15) is 0 Å². The maximum atomic E-state index is 6.65. The quantitative estimate of drug-likeness (QED) is 0.511. The standard InChI is InChI=1S/C25H26Cl2N2O/c26-23-9-4-8-22(24(23)27)25(29-16-5-14-28-15-17-29)20-10-12-21(13-11-20)30-18-19-6-2-1-3-7-19/h1-4,6-13,25,28H,5,14-18H2. The number of nitrogens with zero attached hydrogens (tertiary/aromatic N) is 1. The monoisotopic (exact) mass is 440 g/mol. The van der Waals surface area contributed by atoms with Crippen LogP contribution in [-0.2, 0) is 6.61 Å². The predicted octanol–water partition coefficient (Wildman–Crippen LogP) is 5.96. The lowest BCUT2D eigenvalue weighted by Gasteiger charge is -2.32. The van der Waals surface area contributed by atoms with Crippen LogP contribution in [0.2, 0.25) is 10.0 Å². The van der Waals surface area contributed by atoms with Gasteiger partial charge in [-0.05, 0) is 47.9 Å². The third kappa shape index (κ3) is 5.16. The Morgan fingerprint density at radius 1 is 0.867 bits per heavy atom. The Morgan fingerprint density at radius 3 is 2.47 bits per heavy atom. The zero-order chi connectivity index (χ0) is 20.8. The molecule has 3 nitrogen and oxygen atoms in total. The molecule has 0 saturated carbocycles. The van der Waals surface area contributed by atoms with Crippen molar-refractivity contribution >= 4 is 23.2 Å². The van der Waals surface area contributed by atoms with E-state index in [2.05, 4.69) is 40.5 Å². The minimum Gasteiger partial charge on any atom is -0.489 e. The molecule has 3 aromatic carbocycles. The highest BCUT2D eigenvalue weighted by atomic mass is 35.5. The van der Waals surface area contributed by atoms with Crippen molar-refractivity contribution in [2.45, 2.75) is 19.1 Å². The van der Waals surface area contributed by atoms with Crippen LogP contribution >= 0.6 is 23.2 Å². The predicted molar refractivity (Wildman–Crippen MR) is 125 cm³/mol. The fourth-order valence-corrected chi connectivity index (χ4v) is 4.34. The lowest BCUT2D eigenvalue weighted by Crippen LogP contribution is -2.33. The lowest BCUT2D eigenvalue weighted by molar-refractivity contribution is 0.241. The number of hydrogen-bond donors (Lipinski definition) is 1. The van der Waals surface area contributed by atoms with Gasteiger partial charge in [-0.25, -0.2) is 0 Å². The molecule has 3 aromatic rings. The number of benzene rings is 3. The summed E-state index contributed by atoms with van der Waals surface area (Å²) in [4.78, 5) is 2.48. The van der Waals surface area contributed by atoms with Crippen molar-refractivity contribution in [3.8, 4) is 5.75 Å². The maximum Gasteiger partial charge on any atom is 0.119 e. The molecule has 1 N–H and O–H groups in total. The summed E-state index contributed by atoms with van der Waals surface area (Å²) in [5.41, 5.74) is 3.39. The van der Waals surface area contributed by atoms with Gasteiger partial charge in [-0.3, -0.25) is 4.90 Å². The molecule has 5 heteroatoms. The Hall–Kier alpha value is -2.04. The Kier molecular flexibility index (Phi) is 7.29. The number of nitrogens with one attached hydrogen (secondary N) is 1. The van der Waals surface area contributed by atoms with Gasteiger partial charge in [0.05, 0.1) is 16.1 Å². The molecule has 30 heavy (non-hydrogen) atoms. The van der Waals surface area contributed by atoms with Crippen LogP contribution in [0.1, 0.15) is 29.2 Å². The zero-order valence-corrected chi connectivity index (χ0v) is 18.4. The average molecular weight is 441 g/mol. The smallest absolute Gasteiger partial charge is 0.119 e. The van der Waals surface area contributed by atoms with Crippen LogP contribution in [0.4, 0.5) is 0 Å². The molecule has 0 aromatic heterocycles. The third-order valence-corrected chi connectivity index (χ3v) is 6.29. The van der Waals surface area contributed by atoms with E-state index in [0.717, 1.165) is 49.5 Å². The Bertz CT molecular complexity index is 939. The topological polar surface area (TPSA) is 24.5 Å². The van der Waals surface area contributed by atoms with Crippen molar-refractivity contribution in [2.75, 3.05) is 26.2 Å². The summed E-state index contributed by atoms with van der Waals surface area (Å²) in [6.07, 6.45) is 1.10. The highest BCUT2D eigenvalue weighted by Gasteiger charge is 2.26. The minimum atomic E-state index is 0.0549. The average Bonchev–Trinajstić information content (AvgIpc) is 3.06. The second-order valence-electron chi connectivity index (χ2n) is 7.53. The van der Waals surface area contributed by atoms with Crippen LogP contribution in [0.15, 0.2) is 72.8 Å². The first-order chi connectivity index (χ1) is 14.7. The van der Waals surface area contributed by atoms with E-state index < -0.39 is 0 Å². The second kappa shape index (κ2) is 10.3. The molecule has 0 spiro atoms. The SMILES string of the molecule is Clc1cccc(C(c2ccc(OCc3ccccc3)cc2)N2CCCNCC2)c1Cl. The van der Waals surface area contributed by atoms with E-state index in [4.69, 9.17) is 27.9 Å². The molecule has 1 aliphatic rings. The van der Waals surface area contributed by atoms with Crippen LogP contribution in [0.5, 0.6) is 5.75 Å². The van der Waals surface area contributed by atoms with E-state index in [1.165, 1.54) is 5.56 Å². The van der Waals surface area contributed by atoms with Gasteiger partial charge in [0.25, 0.3) is 0 Å². The van der Waals surface area contributed by atoms with Crippen molar-refractivity contribution in [3.63, 3.8) is 0 Å². The number of halogens is 2. The summed E-state index contributed by atoms with van der Waals surface area (Å²) in [5.74, 6) is 0.857. The number of rotatable bonds is 6. The van der Waals surface area contributed by atoms with Gasteiger partial charge >= 0.3 is 0 Å². The fourth-order valence-electron chi connectivity index (χ4n) is 3.93. The first-order valence-corrected chi connectivity index (χ1v) is 11.1. The Labute approximate surface area is 188 Å². The second-order valence-corrected chi connectivity index (χ2v) is 8.31. The molecular weight excluding hydrogens is 415 g/mol. The van der Waals surface area contributed by atoms with E-state index >= 15 is 0 Å². The van der Waals surface area contributed by atoms with Gasteiger partial charge < -0.3 is 10.1 Å². The van der Waals surface area contributed by atoms with Crippen LogP contribution in [0.3, 0.4) is 0 Å². The van der Waals surface area contributed by atoms with Crippen molar-refractivity contribution < 1.29 is 4.74 Å². The van der Waals surface area contributed by atoms with E-state index in [1.807, 2.05) is 42.5 Å². The Morgan fingerprint density at radius 2 is 1.67 bits per heavy atom. The summed E-state index contributed by atoms with van der Waals surface area (Å²) in [6.45, 7) is 4.53. The molecule has 0 aliphatic carbocycles. The normalized spacial score (nSPS) is 16.1. The minimum absolute atomic E-state index is 0.0549. The summed E-state index contributed by atoms with van der Waals surface area (Å²) in [7, 11) is 0. The molecule has 4 rings (SSSR count). The van der Waals surface area contributed by atoms with Crippen LogP contribution in [0.25, 0.3) is 0 Å². The van der Waals surface area contributed by atoms with Crippen LogP contribution in [-0.4, -0.2) is 31.1 Å². The summed E-state index contributed by atoms with van der Waals surface area (Å²) in [6, 6.07) is 24.5. The van der Waals surface area contributed by atoms with Crippen molar-refractivity contribution in [1.29, 1.82) is 0 Å². The van der Waals surface area contributed by atoms with Gasteiger partial charge in [0.15, 0.2) is 0 Å². The molecule has 1 atom stereocenters. The van der Waals surface area contributed by atoms with E-state index in [0.29, 0.717) is 16.7 Å². The summed E-state index contributed by atoms with van der Waals surface area (Å²) in [5, 5.41) is 4.70. The third-order valence-electron chi connectivity index (χ3n) is 5.46. The lowest BCUT2D eigenvalue weighted by atomic mass is 9.96. The molecule has 1 heterocycles. The highest BCUT2D eigenvalue weighted by Crippen LogP contribution is 2.37. The first kappa shape index (κ1) is 21.2. The van der Waals surface area contributed by atoms with Gasteiger partial charge in [0.1, 0.15) is 12.4 Å². The number of hydrogen-bond acceptors (Lipinski definition) is 3. The van der Waals surface area contributed by atoms with Crippen molar-refractivity contribution in [3.05, 3.63) is 99.5 Å². The molecule has 1 aliphatic heterocycles.